The van der Waals surface area contributed by atoms with E-state index in [1.807, 2.05) is 16.8 Å². The van der Waals surface area contributed by atoms with E-state index in [2.05, 4.69) is 11.4 Å². The van der Waals surface area contributed by atoms with Crippen LogP contribution in [0.25, 0.3) is 0 Å². The van der Waals surface area contributed by atoms with Crippen molar-refractivity contribution in [2.75, 3.05) is 6.61 Å². The average molecular weight is 306 g/mol. The summed E-state index contributed by atoms with van der Waals surface area (Å²) in [5, 5.41) is 15.8. The molecule has 1 aromatic heterocycles. The van der Waals surface area contributed by atoms with E-state index in [4.69, 9.17) is 10.00 Å². The van der Waals surface area contributed by atoms with E-state index >= 15 is 0 Å². The zero-order chi connectivity index (χ0) is 15.1. The summed E-state index contributed by atoms with van der Waals surface area (Å²) in [6.07, 6.45) is 4.09. The van der Waals surface area contributed by atoms with Crippen molar-refractivity contribution in [2.45, 2.75) is 44.1 Å². The Morgan fingerprint density at radius 2 is 2.19 bits per heavy atom. The van der Waals surface area contributed by atoms with Gasteiger partial charge in [-0.3, -0.25) is 9.59 Å². The molecule has 1 heterocycles. The predicted molar refractivity (Wildman–Crippen MR) is 78.6 cm³/mol. The van der Waals surface area contributed by atoms with Gasteiger partial charge in [-0.1, -0.05) is 0 Å². The Labute approximate surface area is 127 Å². The lowest BCUT2D eigenvalue weighted by Gasteiger charge is -2.21. The molecule has 1 N–H and O–H groups in total. The number of hydrogen-bond acceptors (Lipinski definition) is 5. The summed E-state index contributed by atoms with van der Waals surface area (Å²) in [6, 6.07) is 4.13. The highest BCUT2D eigenvalue weighted by molar-refractivity contribution is 7.07. The summed E-state index contributed by atoms with van der Waals surface area (Å²) in [6.45, 7) is -0.314. The second-order valence-corrected chi connectivity index (χ2v) is 6.02. The van der Waals surface area contributed by atoms with E-state index in [1.54, 1.807) is 11.3 Å². The van der Waals surface area contributed by atoms with Crippen LogP contribution in [-0.4, -0.2) is 24.0 Å². The molecular weight excluding hydrogens is 288 g/mol. The standard InChI is InChI=1S/C15H18N2O3S/c16-11-15(6-1-2-7-15)17-13(18)9-20-14(19)4-3-12-5-8-21-10-12/h5,8,10H,1-4,6-7,9H2,(H,17,18). The molecule has 0 spiro atoms. The number of carbonyl (C=O) groups excluding carboxylic acids is 2. The number of nitrogens with one attached hydrogen (secondary N) is 1. The zero-order valence-corrected chi connectivity index (χ0v) is 12.6. The molecular formula is C15H18N2O3S. The van der Waals surface area contributed by atoms with Crippen molar-refractivity contribution in [1.82, 2.24) is 5.32 Å². The van der Waals surface area contributed by atoms with Gasteiger partial charge in [0.1, 0.15) is 5.54 Å². The Morgan fingerprint density at radius 3 is 2.81 bits per heavy atom. The Hall–Kier alpha value is -1.87. The molecule has 0 saturated heterocycles. The maximum absolute atomic E-state index is 11.8. The predicted octanol–water partition coefficient (Wildman–Crippen LogP) is 2.18. The van der Waals surface area contributed by atoms with Gasteiger partial charge >= 0.3 is 5.97 Å². The fourth-order valence-corrected chi connectivity index (χ4v) is 3.15. The Balaban J connectivity index is 1.68. The van der Waals surface area contributed by atoms with Gasteiger partial charge in [-0.05, 0) is 54.5 Å². The molecule has 112 valence electrons. The Morgan fingerprint density at radius 1 is 1.43 bits per heavy atom. The van der Waals surface area contributed by atoms with Crippen LogP contribution < -0.4 is 5.32 Å². The van der Waals surface area contributed by atoms with Crippen molar-refractivity contribution in [1.29, 1.82) is 5.26 Å². The van der Waals surface area contributed by atoms with Crippen LogP contribution in [0.1, 0.15) is 37.7 Å². The van der Waals surface area contributed by atoms with Gasteiger partial charge in [-0.2, -0.15) is 16.6 Å². The zero-order valence-electron chi connectivity index (χ0n) is 11.8. The molecule has 0 radical (unpaired) electrons. The molecule has 0 aromatic carbocycles. The van der Waals surface area contributed by atoms with Gasteiger partial charge in [0, 0.05) is 6.42 Å². The van der Waals surface area contributed by atoms with Crippen LogP contribution in [0, 0.1) is 11.3 Å². The lowest BCUT2D eigenvalue weighted by Crippen LogP contribution is -2.46. The van der Waals surface area contributed by atoms with E-state index < -0.39 is 17.4 Å². The minimum absolute atomic E-state index is 0.257. The van der Waals surface area contributed by atoms with Gasteiger partial charge in [0.05, 0.1) is 6.07 Å². The fraction of sp³-hybridized carbons (Fsp3) is 0.533. The molecule has 5 nitrogen and oxygen atoms in total. The largest absolute Gasteiger partial charge is 0.456 e. The smallest absolute Gasteiger partial charge is 0.306 e. The number of nitriles is 1. The minimum Gasteiger partial charge on any atom is -0.456 e. The van der Waals surface area contributed by atoms with Crippen molar-refractivity contribution in [3.63, 3.8) is 0 Å². The summed E-state index contributed by atoms with van der Waals surface area (Å²) in [4.78, 5) is 23.3. The van der Waals surface area contributed by atoms with Crippen LogP contribution in [0.5, 0.6) is 0 Å². The molecule has 1 aliphatic carbocycles. The van der Waals surface area contributed by atoms with Crippen molar-refractivity contribution in [2.24, 2.45) is 0 Å². The summed E-state index contributed by atoms with van der Waals surface area (Å²) in [5.41, 5.74) is 0.330. The first-order valence-corrected chi connectivity index (χ1v) is 7.97. The molecule has 1 saturated carbocycles. The normalized spacial score (nSPS) is 16.1. The molecule has 1 amide bonds. The quantitative estimate of drug-likeness (QED) is 0.817. The van der Waals surface area contributed by atoms with Gasteiger partial charge in [-0.15, -0.1) is 0 Å². The Kier molecular flexibility index (Phi) is 5.34. The molecule has 0 bridgehead atoms. The van der Waals surface area contributed by atoms with Gasteiger partial charge in [0.25, 0.3) is 5.91 Å². The summed E-state index contributed by atoms with van der Waals surface area (Å²) < 4.78 is 4.94. The molecule has 1 aliphatic rings. The molecule has 2 rings (SSSR count). The van der Waals surface area contributed by atoms with E-state index in [1.165, 1.54) is 0 Å². The van der Waals surface area contributed by atoms with Crippen molar-refractivity contribution < 1.29 is 14.3 Å². The van der Waals surface area contributed by atoms with E-state index in [0.717, 1.165) is 18.4 Å². The lowest BCUT2D eigenvalue weighted by atomic mass is 10.00. The van der Waals surface area contributed by atoms with Crippen molar-refractivity contribution in [3.8, 4) is 6.07 Å². The highest BCUT2D eigenvalue weighted by Crippen LogP contribution is 2.28. The van der Waals surface area contributed by atoms with E-state index in [-0.39, 0.29) is 13.0 Å². The molecule has 0 atom stereocenters. The molecule has 1 aromatic rings. The second kappa shape index (κ2) is 7.23. The van der Waals surface area contributed by atoms with Crippen LogP contribution in [0.15, 0.2) is 16.8 Å². The van der Waals surface area contributed by atoms with E-state index in [0.29, 0.717) is 19.3 Å². The Bertz CT molecular complexity index is 528. The molecule has 0 aliphatic heterocycles. The number of nitrogens with zero attached hydrogens (tertiary/aromatic N) is 1. The monoisotopic (exact) mass is 306 g/mol. The van der Waals surface area contributed by atoms with Gasteiger partial charge in [0.2, 0.25) is 0 Å². The molecule has 0 unspecified atom stereocenters. The first kappa shape index (κ1) is 15.5. The number of ether oxygens (including phenoxy) is 1. The number of hydrogen-bond donors (Lipinski definition) is 1. The number of amides is 1. The van der Waals surface area contributed by atoms with Crippen LogP contribution in [0.3, 0.4) is 0 Å². The van der Waals surface area contributed by atoms with Gasteiger partial charge < -0.3 is 10.1 Å². The number of carbonyl (C=O) groups is 2. The third kappa shape index (κ3) is 4.57. The maximum atomic E-state index is 11.8. The number of rotatable bonds is 6. The summed E-state index contributed by atoms with van der Waals surface area (Å²) in [5.74, 6) is -0.795. The topological polar surface area (TPSA) is 79.2 Å². The minimum atomic E-state index is -0.764. The van der Waals surface area contributed by atoms with Gasteiger partial charge in [0.15, 0.2) is 6.61 Å². The molecule has 1 fully saturated rings. The SMILES string of the molecule is N#CC1(NC(=O)COC(=O)CCc2ccsc2)CCCC1. The van der Waals surface area contributed by atoms with Crippen LogP contribution in [0.2, 0.25) is 0 Å². The van der Waals surface area contributed by atoms with Crippen LogP contribution in [0.4, 0.5) is 0 Å². The molecule has 21 heavy (non-hydrogen) atoms. The van der Waals surface area contributed by atoms with Crippen molar-refractivity contribution in [3.05, 3.63) is 22.4 Å². The van der Waals surface area contributed by atoms with Crippen LogP contribution in [-0.2, 0) is 20.7 Å². The van der Waals surface area contributed by atoms with Gasteiger partial charge in [-0.25, -0.2) is 0 Å². The number of thiophene rings is 1. The summed E-state index contributed by atoms with van der Waals surface area (Å²) >= 11 is 1.58. The average Bonchev–Trinajstić information content (AvgIpc) is 3.15. The highest BCUT2D eigenvalue weighted by Gasteiger charge is 2.35. The third-order valence-corrected chi connectivity index (χ3v) is 4.34. The maximum Gasteiger partial charge on any atom is 0.306 e. The number of esters is 1. The van der Waals surface area contributed by atoms with E-state index in [9.17, 15) is 9.59 Å². The second-order valence-electron chi connectivity index (χ2n) is 5.24. The van der Waals surface area contributed by atoms with Crippen LogP contribution >= 0.6 is 11.3 Å². The lowest BCUT2D eigenvalue weighted by molar-refractivity contribution is -0.148. The van der Waals surface area contributed by atoms with Crippen molar-refractivity contribution >= 4 is 23.2 Å². The molecule has 6 heteroatoms. The first-order chi connectivity index (χ1) is 10.1. The first-order valence-electron chi connectivity index (χ1n) is 7.02. The number of aryl methyl sites for hydroxylation is 1. The fourth-order valence-electron chi connectivity index (χ4n) is 2.45. The highest BCUT2D eigenvalue weighted by atomic mass is 32.1. The summed E-state index contributed by atoms with van der Waals surface area (Å²) in [7, 11) is 0. The third-order valence-electron chi connectivity index (χ3n) is 3.61.